The first-order valence-corrected chi connectivity index (χ1v) is 18.6. The minimum atomic E-state index is -0.192. The standard InChI is InChI=1S/C45H34N4OS/c1-2-10-26(11-3-1)43-47-44(49-45(48-43)35-16-9-19-40-41(35)34-13-5-7-18-39(34)51-40)28-21-23-31-30-22-20-27(24-36(30)46-37(31)25-28)29-14-8-15-33-32-12-4-6-17-38(32)50-42(29)33/h1-2,4-10,12-25,31,37,44-46,49H,3,11H2,(H,47,48). The second-order valence-electron chi connectivity index (χ2n) is 13.9. The number of rotatable bonds is 4. The number of nitrogens with one attached hydrogen (secondary N) is 3. The van der Waals surface area contributed by atoms with Crippen LogP contribution in [0.15, 0.2) is 160 Å². The van der Waals surface area contributed by atoms with Crippen LogP contribution < -0.4 is 16.0 Å². The van der Waals surface area contributed by atoms with Crippen LogP contribution in [-0.2, 0) is 0 Å². The molecule has 5 aromatic carbocycles. The van der Waals surface area contributed by atoms with E-state index in [1.54, 1.807) is 0 Å². The molecule has 11 rings (SSSR count). The van der Waals surface area contributed by atoms with Gasteiger partial charge >= 0.3 is 0 Å². The lowest BCUT2D eigenvalue weighted by Gasteiger charge is -2.35. The molecule has 0 saturated heterocycles. The number of furan rings is 1. The number of amidine groups is 1. The topological polar surface area (TPSA) is 61.6 Å². The van der Waals surface area contributed by atoms with Gasteiger partial charge in [0.2, 0.25) is 0 Å². The van der Waals surface area contributed by atoms with E-state index < -0.39 is 0 Å². The second-order valence-corrected chi connectivity index (χ2v) is 15.0. The molecule has 0 bridgehead atoms. The van der Waals surface area contributed by atoms with Gasteiger partial charge in [-0.2, -0.15) is 0 Å². The summed E-state index contributed by atoms with van der Waals surface area (Å²) in [5, 5.41) is 16.5. The number of aliphatic imine (C=N–C) groups is 1. The molecule has 0 amide bonds. The number of fused-ring (bicyclic) bond motifs is 9. The largest absolute Gasteiger partial charge is 0.455 e. The third-order valence-electron chi connectivity index (χ3n) is 10.9. The summed E-state index contributed by atoms with van der Waals surface area (Å²) >= 11 is 1.86. The number of hydrogen-bond donors (Lipinski definition) is 3. The Hall–Kier alpha value is -5.69. The molecular weight excluding hydrogens is 645 g/mol. The molecule has 0 radical (unpaired) electrons. The van der Waals surface area contributed by atoms with Gasteiger partial charge < -0.3 is 15.1 Å². The van der Waals surface area contributed by atoms with E-state index in [0.29, 0.717) is 0 Å². The molecule has 5 nitrogen and oxygen atoms in total. The molecule has 0 spiro atoms. The maximum atomic E-state index is 6.39. The summed E-state index contributed by atoms with van der Waals surface area (Å²) < 4.78 is 9.01. The van der Waals surface area contributed by atoms with E-state index in [1.807, 2.05) is 23.5 Å². The summed E-state index contributed by atoms with van der Waals surface area (Å²) in [5.74, 6) is 1.24. The first-order valence-electron chi connectivity index (χ1n) is 17.8. The van der Waals surface area contributed by atoms with Crippen LogP contribution in [0.2, 0.25) is 0 Å². The molecule has 2 aliphatic carbocycles. The molecule has 4 unspecified atom stereocenters. The molecule has 4 atom stereocenters. The molecular formula is C45H34N4OS. The van der Waals surface area contributed by atoms with Crippen molar-refractivity contribution in [1.29, 1.82) is 0 Å². The maximum Gasteiger partial charge on any atom is 0.143 e. The molecule has 2 aliphatic heterocycles. The number of para-hydroxylation sites is 2. The molecule has 2 aromatic heterocycles. The van der Waals surface area contributed by atoms with E-state index in [2.05, 4.69) is 143 Å². The van der Waals surface area contributed by atoms with Crippen LogP contribution in [0.25, 0.3) is 53.2 Å². The number of thiophene rings is 1. The monoisotopic (exact) mass is 678 g/mol. The zero-order valence-corrected chi connectivity index (χ0v) is 28.6. The van der Waals surface area contributed by atoms with Gasteiger partial charge in [-0.3, -0.25) is 5.32 Å². The summed E-state index contributed by atoms with van der Waals surface area (Å²) in [7, 11) is 0. The molecule has 3 N–H and O–H groups in total. The van der Waals surface area contributed by atoms with E-state index in [0.717, 1.165) is 51.7 Å². The molecule has 6 heteroatoms. The van der Waals surface area contributed by atoms with Crippen LogP contribution in [-0.4, -0.2) is 18.0 Å². The van der Waals surface area contributed by atoms with Gasteiger partial charge in [0.1, 0.15) is 29.3 Å². The van der Waals surface area contributed by atoms with Crippen molar-refractivity contribution in [2.45, 2.75) is 37.1 Å². The maximum absolute atomic E-state index is 6.39. The Morgan fingerprint density at radius 3 is 2.59 bits per heavy atom. The molecule has 4 aliphatic rings. The Bertz CT molecular complexity index is 2720. The summed E-state index contributed by atoms with van der Waals surface area (Å²) in [4.78, 5) is 5.34. The van der Waals surface area contributed by atoms with Gasteiger partial charge in [0.25, 0.3) is 0 Å². The minimum absolute atomic E-state index is 0.0970. The Balaban J connectivity index is 0.943. The van der Waals surface area contributed by atoms with Gasteiger partial charge in [-0.15, -0.1) is 11.3 Å². The van der Waals surface area contributed by atoms with E-state index >= 15 is 0 Å². The predicted molar refractivity (Wildman–Crippen MR) is 213 cm³/mol. The zero-order chi connectivity index (χ0) is 33.5. The number of benzene rings is 5. The van der Waals surface area contributed by atoms with Crippen molar-refractivity contribution in [3.8, 4) is 11.1 Å². The number of hydrogen-bond acceptors (Lipinski definition) is 6. The Kier molecular flexibility index (Phi) is 6.51. The third-order valence-corrected chi connectivity index (χ3v) is 12.1. The summed E-state index contributed by atoms with van der Waals surface area (Å²) in [5.41, 5.74) is 10.3. The lowest BCUT2D eigenvalue weighted by molar-refractivity contribution is 0.434. The lowest BCUT2D eigenvalue weighted by atomic mass is 9.87. The van der Waals surface area contributed by atoms with Crippen LogP contribution in [0, 0.1) is 0 Å². The van der Waals surface area contributed by atoms with Crippen LogP contribution in [0.5, 0.6) is 0 Å². The normalized spacial score (nSPS) is 22.4. The second kappa shape index (κ2) is 11.4. The van der Waals surface area contributed by atoms with Crippen molar-refractivity contribution in [2.75, 3.05) is 5.32 Å². The van der Waals surface area contributed by atoms with Crippen molar-refractivity contribution in [2.24, 2.45) is 4.99 Å². The smallest absolute Gasteiger partial charge is 0.143 e. The fourth-order valence-electron chi connectivity index (χ4n) is 8.50. The van der Waals surface area contributed by atoms with E-state index in [-0.39, 0.29) is 24.3 Å². The van der Waals surface area contributed by atoms with E-state index in [9.17, 15) is 0 Å². The summed E-state index contributed by atoms with van der Waals surface area (Å²) in [6.45, 7) is 0. The summed E-state index contributed by atoms with van der Waals surface area (Å²) in [6, 6.07) is 37.1. The highest BCUT2D eigenvalue weighted by molar-refractivity contribution is 7.25. The van der Waals surface area contributed by atoms with E-state index in [1.165, 1.54) is 48.1 Å². The van der Waals surface area contributed by atoms with Crippen molar-refractivity contribution in [3.05, 3.63) is 162 Å². The number of allylic oxidation sites excluding steroid dienone is 3. The SMILES string of the molecule is C1=CCCC(C2=NC(C3=CC4Nc5cc(-c6cccc7c6oc6ccccc67)ccc5C4C=C3)NC(c3cccc4sc5ccccc5c34)N2)=C1. The van der Waals surface area contributed by atoms with Crippen molar-refractivity contribution in [3.63, 3.8) is 0 Å². The fourth-order valence-corrected chi connectivity index (χ4v) is 9.64. The van der Waals surface area contributed by atoms with Crippen molar-refractivity contribution in [1.82, 2.24) is 10.6 Å². The quantitative estimate of drug-likeness (QED) is 0.173. The Morgan fingerprint density at radius 1 is 0.784 bits per heavy atom. The van der Waals surface area contributed by atoms with Gasteiger partial charge in [-0.05, 0) is 64.9 Å². The molecule has 4 heterocycles. The molecule has 7 aromatic rings. The van der Waals surface area contributed by atoms with Gasteiger partial charge in [0.15, 0.2) is 0 Å². The van der Waals surface area contributed by atoms with Gasteiger partial charge in [0, 0.05) is 48.1 Å². The zero-order valence-electron chi connectivity index (χ0n) is 27.8. The number of nitrogens with zero attached hydrogens (tertiary/aromatic N) is 1. The summed E-state index contributed by atoms with van der Waals surface area (Å²) in [6.07, 6.45) is 15.4. The highest BCUT2D eigenvalue weighted by atomic mass is 32.1. The Morgan fingerprint density at radius 2 is 1.65 bits per heavy atom. The predicted octanol–water partition coefficient (Wildman–Crippen LogP) is 10.9. The number of anilines is 1. The minimum Gasteiger partial charge on any atom is -0.455 e. The van der Waals surface area contributed by atoms with Gasteiger partial charge in [0.05, 0.1) is 6.04 Å². The van der Waals surface area contributed by atoms with Crippen LogP contribution in [0.3, 0.4) is 0 Å². The van der Waals surface area contributed by atoms with Crippen LogP contribution in [0.1, 0.15) is 36.1 Å². The van der Waals surface area contributed by atoms with Gasteiger partial charge in [-0.1, -0.05) is 115 Å². The average molecular weight is 679 g/mol. The molecule has 51 heavy (non-hydrogen) atoms. The first kappa shape index (κ1) is 29.1. The highest BCUT2D eigenvalue weighted by Gasteiger charge is 2.35. The van der Waals surface area contributed by atoms with E-state index in [4.69, 9.17) is 9.41 Å². The molecule has 246 valence electrons. The third kappa shape index (κ3) is 4.67. The Labute approximate surface area is 299 Å². The van der Waals surface area contributed by atoms with Crippen LogP contribution in [0.4, 0.5) is 5.69 Å². The average Bonchev–Trinajstić information content (AvgIpc) is 3.88. The fraction of sp³-hybridized carbons (Fsp3) is 0.133. The lowest BCUT2D eigenvalue weighted by Crippen LogP contribution is -2.49. The highest BCUT2D eigenvalue weighted by Crippen LogP contribution is 2.44. The molecule has 0 saturated carbocycles. The van der Waals surface area contributed by atoms with Crippen molar-refractivity contribution >= 4 is 65.0 Å². The van der Waals surface area contributed by atoms with Crippen LogP contribution >= 0.6 is 11.3 Å². The molecule has 0 fully saturated rings. The van der Waals surface area contributed by atoms with Crippen molar-refractivity contribution < 1.29 is 4.42 Å². The first-order chi connectivity index (χ1) is 25.2. The van der Waals surface area contributed by atoms with Gasteiger partial charge in [-0.25, -0.2) is 4.99 Å².